The Labute approximate surface area is 111 Å². The lowest BCUT2D eigenvalue weighted by atomic mass is 9.45. The molecular formula is C16H28O2. The third-order valence-corrected chi connectivity index (χ3v) is 6.98. The van der Waals surface area contributed by atoms with Gasteiger partial charge in [-0.05, 0) is 67.6 Å². The molecule has 2 N–H and O–H groups in total. The summed E-state index contributed by atoms with van der Waals surface area (Å²) >= 11 is 0. The van der Waals surface area contributed by atoms with Gasteiger partial charge in [-0.15, -0.1) is 0 Å². The first kappa shape index (κ1) is 12.9. The van der Waals surface area contributed by atoms with Crippen LogP contribution in [-0.4, -0.2) is 21.9 Å². The zero-order valence-electron chi connectivity index (χ0n) is 12.2. The lowest BCUT2D eigenvalue weighted by Crippen LogP contribution is -2.62. The highest BCUT2D eigenvalue weighted by atomic mass is 16.3. The monoisotopic (exact) mass is 252 g/mol. The molecular weight excluding hydrogens is 224 g/mol. The molecule has 6 atom stereocenters. The molecule has 3 rings (SSSR count). The van der Waals surface area contributed by atoms with E-state index in [2.05, 4.69) is 20.8 Å². The minimum atomic E-state index is -0.879. The van der Waals surface area contributed by atoms with Gasteiger partial charge in [0.15, 0.2) is 0 Å². The molecule has 3 unspecified atom stereocenters. The highest BCUT2D eigenvalue weighted by Gasteiger charge is 2.64. The van der Waals surface area contributed by atoms with Gasteiger partial charge in [-0.1, -0.05) is 20.8 Å². The molecule has 3 saturated carbocycles. The van der Waals surface area contributed by atoms with Gasteiger partial charge in [0.2, 0.25) is 0 Å². The van der Waals surface area contributed by atoms with Gasteiger partial charge in [-0.2, -0.15) is 0 Å². The minimum Gasteiger partial charge on any atom is -0.390 e. The highest BCUT2D eigenvalue weighted by Crippen LogP contribution is 2.68. The van der Waals surface area contributed by atoms with Crippen LogP contribution in [-0.2, 0) is 0 Å². The minimum absolute atomic E-state index is 0.271. The fourth-order valence-corrected chi connectivity index (χ4v) is 5.83. The fraction of sp³-hybridized carbons (Fsp3) is 1.00. The zero-order valence-corrected chi connectivity index (χ0v) is 12.2. The maximum absolute atomic E-state index is 10.6. The van der Waals surface area contributed by atoms with Crippen molar-refractivity contribution in [3.63, 3.8) is 0 Å². The van der Waals surface area contributed by atoms with Crippen LogP contribution in [0.5, 0.6) is 0 Å². The fourth-order valence-electron chi connectivity index (χ4n) is 5.83. The van der Waals surface area contributed by atoms with Crippen LogP contribution in [0.1, 0.15) is 59.8 Å². The number of aliphatic hydroxyl groups is 2. The molecule has 2 bridgehead atoms. The van der Waals surface area contributed by atoms with Gasteiger partial charge in [0, 0.05) is 0 Å². The molecule has 0 saturated heterocycles. The Bertz CT molecular complexity index is 356. The van der Waals surface area contributed by atoms with Gasteiger partial charge in [0.05, 0.1) is 11.7 Å². The van der Waals surface area contributed by atoms with Crippen LogP contribution in [0.25, 0.3) is 0 Å². The van der Waals surface area contributed by atoms with E-state index in [9.17, 15) is 10.2 Å². The van der Waals surface area contributed by atoms with Crippen molar-refractivity contribution < 1.29 is 10.2 Å². The Morgan fingerprint density at radius 2 is 1.67 bits per heavy atom. The Morgan fingerprint density at radius 1 is 1.00 bits per heavy atom. The maximum Gasteiger partial charge on any atom is 0.0906 e. The Morgan fingerprint density at radius 3 is 2.33 bits per heavy atom. The first-order valence-corrected chi connectivity index (χ1v) is 7.60. The quantitative estimate of drug-likeness (QED) is 0.696. The van der Waals surface area contributed by atoms with Gasteiger partial charge >= 0.3 is 0 Å². The first-order valence-electron chi connectivity index (χ1n) is 7.60. The average Bonchev–Trinajstić information content (AvgIpc) is 2.54. The van der Waals surface area contributed by atoms with E-state index in [4.69, 9.17) is 0 Å². The first-order chi connectivity index (χ1) is 8.20. The molecule has 0 aliphatic heterocycles. The molecule has 3 aliphatic carbocycles. The van der Waals surface area contributed by atoms with Crippen LogP contribution in [0.4, 0.5) is 0 Å². The standard InChI is InChI=1S/C16H28O2/c1-10-5-6-12-14(2,3)7-11-8-16(10,12)9-13(17)15(11,4)18/h10-13,17-18H,5-9H2,1-4H3/t10-,11?,12?,13-,15-,16?/m1/s1. The number of hydrogen-bond donors (Lipinski definition) is 2. The van der Waals surface area contributed by atoms with Crippen molar-refractivity contribution in [1.29, 1.82) is 0 Å². The second-order valence-electron chi connectivity index (χ2n) is 8.30. The second kappa shape index (κ2) is 3.52. The second-order valence-corrected chi connectivity index (χ2v) is 8.30. The number of hydrogen-bond acceptors (Lipinski definition) is 2. The summed E-state index contributed by atoms with van der Waals surface area (Å²) in [6, 6.07) is 0. The van der Waals surface area contributed by atoms with Gasteiger partial charge in [0.1, 0.15) is 0 Å². The summed E-state index contributed by atoms with van der Waals surface area (Å²) in [6.45, 7) is 8.98. The van der Waals surface area contributed by atoms with E-state index in [1.807, 2.05) is 6.92 Å². The lowest BCUT2D eigenvalue weighted by Gasteiger charge is -2.62. The molecule has 3 aliphatic rings. The van der Waals surface area contributed by atoms with Gasteiger partial charge in [0.25, 0.3) is 0 Å². The van der Waals surface area contributed by atoms with Gasteiger partial charge in [-0.25, -0.2) is 0 Å². The zero-order chi connectivity index (χ0) is 13.3. The molecule has 1 spiro atoms. The van der Waals surface area contributed by atoms with Crippen molar-refractivity contribution in [2.24, 2.45) is 28.6 Å². The summed E-state index contributed by atoms with van der Waals surface area (Å²) in [7, 11) is 0. The normalized spacial score (nSPS) is 58.3. The summed E-state index contributed by atoms with van der Waals surface area (Å²) in [5.41, 5.74) is -0.262. The van der Waals surface area contributed by atoms with Crippen molar-refractivity contribution in [1.82, 2.24) is 0 Å². The van der Waals surface area contributed by atoms with Gasteiger partial charge < -0.3 is 10.2 Å². The summed E-state index contributed by atoms with van der Waals surface area (Å²) in [5, 5.41) is 21.1. The summed E-state index contributed by atoms with van der Waals surface area (Å²) in [6.07, 6.45) is 5.09. The summed E-state index contributed by atoms with van der Waals surface area (Å²) in [4.78, 5) is 0. The average molecular weight is 252 g/mol. The Hall–Kier alpha value is -0.0800. The van der Waals surface area contributed by atoms with Crippen molar-refractivity contribution in [3.8, 4) is 0 Å². The molecule has 104 valence electrons. The molecule has 0 heterocycles. The SMILES string of the molecule is C[C@@H]1CCC2C(C)(C)CC3CC21C[C@@H](O)[C@]3(C)O. The van der Waals surface area contributed by atoms with Crippen LogP contribution in [0.2, 0.25) is 0 Å². The van der Waals surface area contributed by atoms with E-state index in [0.717, 1.165) is 25.2 Å². The van der Waals surface area contributed by atoms with E-state index in [1.165, 1.54) is 12.8 Å². The molecule has 0 radical (unpaired) electrons. The van der Waals surface area contributed by atoms with Crippen molar-refractivity contribution in [3.05, 3.63) is 0 Å². The van der Waals surface area contributed by atoms with Crippen LogP contribution in [0, 0.1) is 28.6 Å². The van der Waals surface area contributed by atoms with Crippen molar-refractivity contribution in [2.75, 3.05) is 0 Å². The van der Waals surface area contributed by atoms with Crippen LogP contribution in [0.15, 0.2) is 0 Å². The molecule has 0 aromatic rings. The molecule has 2 nitrogen and oxygen atoms in total. The van der Waals surface area contributed by atoms with Crippen LogP contribution >= 0.6 is 0 Å². The number of aliphatic hydroxyl groups excluding tert-OH is 1. The van der Waals surface area contributed by atoms with E-state index in [0.29, 0.717) is 16.7 Å². The lowest BCUT2D eigenvalue weighted by molar-refractivity contribution is -0.213. The van der Waals surface area contributed by atoms with E-state index in [-0.39, 0.29) is 5.92 Å². The molecule has 3 fully saturated rings. The Balaban J connectivity index is 2.05. The van der Waals surface area contributed by atoms with Crippen molar-refractivity contribution in [2.45, 2.75) is 71.5 Å². The molecule has 2 heteroatoms. The predicted molar refractivity (Wildman–Crippen MR) is 72.1 cm³/mol. The van der Waals surface area contributed by atoms with Gasteiger partial charge in [-0.3, -0.25) is 0 Å². The molecule has 0 aromatic heterocycles. The van der Waals surface area contributed by atoms with Crippen molar-refractivity contribution >= 4 is 0 Å². The van der Waals surface area contributed by atoms with E-state index in [1.54, 1.807) is 0 Å². The number of rotatable bonds is 0. The highest BCUT2D eigenvalue weighted by molar-refractivity contribution is 5.14. The summed E-state index contributed by atoms with van der Waals surface area (Å²) in [5.74, 6) is 1.71. The predicted octanol–water partition coefficient (Wildman–Crippen LogP) is 2.97. The topological polar surface area (TPSA) is 40.5 Å². The van der Waals surface area contributed by atoms with Crippen LogP contribution in [0.3, 0.4) is 0 Å². The van der Waals surface area contributed by atoms with E-state index < -0.39 is 11.7 Å². The molecule has 0 aromatic carbocycles. The third-order valence-electron chi connectivity index (χ3n) is 6.98. The maximum atomic E-state index is 10.6. The molecule has 18 heavy (non-hydrogen) atoms. The largest absolute Gasteiger partial charge is 0.390 e. The van der Waals surface area contributed by atoms with E-state index >= 15 is 0 Å². The number of fused-ring (bicyclic) bond motifs is 1. The Kier molecular flexibility index (Phi) is 2.53. The smallest absolute Gasteiger partial charge is 0.0906 e. The third kappa shape index (κ3) is 1.42. The van der Waals surface area contributed by atoms with Crippen LogP contribution < -0.4 is 0 Å². The summed E-state index contributed by atoms with van der Waals surface area (Å²) < 4.78 is 0. The molecule has 0 amide bonds.